The number of aryl methyl sites for hydroxylation is 2. The summed E-state index contributed by atoms with van der Waals surface area (Å²) in [5, 5.41) is 5.70. The molecule has 3 rings (SSSR count). The molecule has 3 heteroatoms. The molecule has 2 aromatic rings. The molecule has 1 saturated carbocycles. The van der Waals surface area contributed by atoms with Crippen molar-refractivity contribution in [2.45, 2.75) is 78.7 Å². The van der Waals surface area contributed by atoms with Crippen LogP contribution in [-0.2, 0) is 21.7 Å². The van der Waals surface area contributed by atoms with Crippen molar-refractivity contribution in [3.05, 3.63) is 64.0 Å². The van der Waals surface area contributed by atoms with Gasteiger partial charge in [-0.2, -0.15) is 35.4 Å². The van der Waals surface area contributed by atoms with Crippen LogP contribution in [0, 0.1) is 27.7 Å². The smallest absolute Gasteiger partial charge is 0.662 e. The van der Waals surface area contributed by atoms with Crippen LogP contribution in [0.1, 0.15) is 67.2 Å². The Morgan fingerprint density at radius 3 is 1.74 bits per heavy atom. The van der Waals surface area contributed by atoms with E-state index in [4.69, 9.17) is 0 Å². The molecule has 0 atom stereocenters. The zero-order valence-electron chi connectivity index (χ0n) is 18.1. The van der Waals surface area contributed by atoms with Crippen molar-refractivity contribution < 1.29 is 21.7 Å². The average Bonchev–Trinajstić information content (AvgIpc) is 2.83. The summed E-state index contributed by atoms with van der Waals surface area (Å²) in [6, 6.07) is 13.2. The quantitative estimate of drug-likeness (QED) is 0.419. The first-order valence-corrected chi connectivity index (χ1v) is 10.8. The zero-order chi connectivity index (χ0) is 19.4. The Morgan fingerprint density at radius 2 is 1.44 bits per heavy atom. The molecular weight excluding hydrogens is 378 g/mol. The van der Waals surface area contributed by atoms with Crippen LogP contribution in [0.5, 0.6) is 0 Å². The van der Waals surface area contributed by atoms with Crippen molar-refractivity contribution in [3.8, 4) is 0 Å². The van der Waals surface area contributed by atoms with Crippen LogP contribution in [0.2, 0.25) is 0 Å². The maximum Gasteiger partial charge on any atom is 2.00 e. The first-order chi connectivity index (χ1) is 12.5. The Kier molecular flexibility index (Phi) is 15.1. The Hall–Kier alpha value is -0.539. The molecule has 0 N–H and O–H groups in total. The summed E-state index contributed by atoms with van der Waals surface area (Å²) in [5.74, 6) is 0. The molecule has 1 aliphatic rings. The summed E-state index contributed by atoms with van der Waals surface area (Å²) >= 11 is 0. The maximum atomic E-state index is 4.35. The Balaban J connectivity index is 0.000000374. The molecule has 1 aliphatic carbocycles. The standard InChI is InChI=1S/C9H18N.C9H13.C6H7Si.Ti/c1-10-9-7-5-3-2-4-6-8-9;1-6-5-7(2)9(4)8(6)3;7-6-4-2-1-3-5-6;/h9H,2-8H2,1H3;5H,1-4H3;1-5H,7H2;/q2*-1;;+2. The monoisotopic (exact) mass is 416 g/mol. The molecule has 0 bridgehead atoms. The van der Waals surface area contributed by atoms with Crippen LogP contribution in [0.4, 0.5) is 0 Å². The molecule has 0 spiro atoms. The maximum absolute atomic E-state index is 4.35. The fourth-order valence-electron chi connectivity index (χ4n) is 3.30. The van der Waals surface area contributed by atoms with E-state index in [2.05, 4.69) is 51.2 Å². The molecule has 147 valence electrons. The summed E-state index contributed by atoms with van der Waals surface area (Å²) in [6.07, 6.45) is 9.82. The third-order valence-electron chi connectivity index (χ3n) is 5.46. The van der Waals surface area contributed by atoms with Gasteiger partial charge in [-0.1, -0.05) is 108 Å². The number of benzene rings is 1. The van der Waals surface area contributed by atoms with Gasteiger partial charge in [0.15, 0.2) is 0 Å². The minimum atomic E-state index is 0. The average molecular weight is 417 g/mol. The molecule has 27 heavy (non-hydrogen) atoms. The largest absolute Gasteiger partial charge is 2.00 e. The van der Waals surface area contributed by atoms with Crippen molar-refractivity contribution in [2.24, 2.45) is 0 Å². The molecule has 0 aromatic heterocycles. The van der Waals surface area contributed by atoms with Crippen molar-refractivity contribution in [1.29, 1.82) is 0 Å². The third-order valence-corrected chi connectivity index (χ3v) is 5.93. The topological polar surface area (TPSA) is 14.1 Å². The van der Waals surface area contributed by atoms with Gasteiger partial charge in [-0.15, -0.1) is 6.04 Å². The summed E-state index contributed by atoms with van der Waals surface area (Å²) in [6.45, 7) is 8.68. The number of hydrogen-bond acceptors (Lipinski definition) is 0. The van der Waals surface area contributed by atoms with E-state index in [0.29, 0.717) is 6.04 Å². The van der Waals surface area contributed by atoms with E-state index >= 15 is 0 Å². The minimum absolute atomic E-state index is 0. The van der Waals surface area contributed by atoms with Crippen LogP contribution < -0.4 is 5.19 Å². The zero-order valence-corrected chi connectivity index (χ0v) is 21.1. The summed E-state index contributed by atoms with van der Waals surface area (Å²) in [7, 11) is 3.87. The Bertz CT molecular complexity index is 576. The minimum Gasteiger partial charge on any atom is -0.662 e. The van der Waals surface area contributed by atoms with Crippen LogP contribution in [0.25, 0.3) is 5.32 Å². The van der Waals surface area contributed by atoms with Gasteiger partial charge < -0.3 is 5.32 Å². The van der Waals surface area contributed by atoms with Gasteiger partial charge in [0.2, 0.25) is 0 Å². The number of nitrogens with zero attached hydrogens (tertiary/aromatic N) is 1. The third kappa shape index (κ3) is 11.1. The second-order valence-electron chi connectivity index (χ2n) is 7.50. The molecule has 0 heterocycles. The first kappa shape index (κ1) is 26.5. The van der Waals surface area contributed by atoms with Gasteiger partial charge in [0.25, 0.3) is 0 Å². The second-order valence-corrected chi connectivity index (χ2v) is 8.32. The van der Waals surface area contributed by atoms with E-state index in [1.54, 1.807) is 0 Å². The fourth-order valence-corrected chi connectivity index (χ4v) is 3.58. The second kappa shape index (κ2) is 15.4. The van der Waals surface area contributed by atoms with E-state index in [1.807, 2.05) is 35.5 Å². The molecule has 1 fully saturated rings. The van der Waals surface area contributed by atoms with Crippen LogP contribution >= 0.6 is 0 Å². The molecule has 2 aromatic carbocycles. The van der Waals surface area contributed by atoms with Crippen molar-refractivity contribution in [3.63, 3.8) is 0 Å². The van der Waals surface area contributed by atoms with E-state index in [1.165, 1.54) is 72.4 Å². The number of hydrogen-bond donors (Lipinski definition) is 0. The fraction of sp³-hybridized carbons (Fsp3) is 0.542. The van der Waals surface area contributed by atoms with Gasteiger partial charge in [0, 0.05) is 10.2 Å². The Labute approximate surface area is 186 Å². The molecule has 0 aliphatic heterocycles. The molecule has 0 amide bonds. The molecule has 0 saturated heterocycles. The number of rotatable bonds is 1. The summed E-state index contributed by atoms with van der Waals surface area (Å²) in [4.78, 5) is 0. The Morgan fingerprint density at radius 1 is 0.926 bits per heavy atom. The molecular formula is C24H38NSiTi. The van der Waals surface area contributed by atoms with E-state index in [0.717, 1.165) is 0 Å². The van der Waals surface area contributed by atoms with Gasteiger partial charge in [-0.3, -0.25) is 0 Å². The molecule has 1 radical (unpaired) electrons. The van der Waals surface area contributed by atoms with Crippen molar-refractivity contribution in [1.82, 2.24) is 0 Å². The normalized spacial score (nSPS) is 14.4. The van der Waals surface area contributed by atoms with Gasteiger partial charge >= 0.3 is 21.7 Å². The van der Waals surface area contributed by atoms with Crippen molar-refractivity contribution >= 4 is 15.4 Å². The SMILES string of the molecule is C[N-]C1CCCCCCC1.Cc1c[c-](C)c(C)c1C.[SiH2]c1ccccc1.[Ti+2]. The predicted molar refractivity (Wildman–Crippen MR) is 121 cm³/mol. The molecule has 0 unspecified atom stereocenters. The summed E-state index contributed by atoms with van der Waals surface area (Å²) in [5.41, 5.74) is 5.75. The van der Waals surface area contributed by atoms with E-state index < -0.39 is 0 Å². The molecule has 1 nitrogen and oxygen atoms in total. The van der Waals surface area contributed by atoms with Gasteiger partial charge in [-0.25, -0.2) is 0 Å². The van der Waals surface area contributed by atoms with Gasteiger partial charge in [-0.05, 0) is 0 Å². The van der Waals surface area contributed by atoms with Gasteiger partial charge in [0.05, 0.1) is 0 Å². The van der Waals surface area contributed by atoms with E-state index in [9.17, 15) is 0 Å². The van der Waals surface area contributed by atoms with Crippen molar-refractivity contribution in [2.75, 3.05) is 7.05 Å². The van der Waals surface area contributed by atoms with Crippen LogP contribution in [-0.4, -0.2) is 23.3 Å². The van der Waals surface area contributed by atoms with Crippen LogP contribution in [0.3, 0.4) is 0 Å². The van der Waals surface area contributed by atoms with E-state index in [-0.39, 0.29) is 21.7 Å². The first-order valence-electron chi connectivity index (χ1n) is 10.1. The summed E-state index contributed by atoms with van der Waals surface area (Å²) < 4.78 is 0. The van der Waals surface area contributed by atoms with Gasteiger partial charge in [0.1, 0.15) is 0 Å². The van der Waals surface area contributed by atoms with Crippen LogP contribution in [0.15, 0.2) is 36.4 Å². The predicted octanol–water partition coefficient (Wildman–Crippen LogP) is 5.68.